The Hall–Kier alpha value is -2.60. The van der Waals surface area contributed by atoms with E-state index < -0.39 is 12.0 Å². The van der Waals surface area contributed by atoms with E-state index in [1.54, 1.807) is 47.6 Å². The van der Waals surface area contributed by atoms with E-state index in [0.29, 0.717) is 46.2 Å². The molecule has 0 aliphatic rings. The molecule has 7 heteroatoms. The molecule has 0 aliphatic carbocycles. The van der Waals surface area contributed by atoms with Gasteiger partial charge in [0.2, 0.25) is 0 Å². The zero-order chi connectivity index (χ0) is 23.5. The van der Waals surface area contributed by atoms with Gasteiger partial charge >= 0.3 is 5.97 Å². The molecule has 1 aromatic heterocycles. The van der Waals surface area contributed by atoms with E-state index in [4.69, 9.17) is 16.3 Å². The van der Waals surface area contributed by atoms with Crippen LogP contribution in [-0.4, -0.2) is 46.8 Å². The molecule has 0 bridgehead atoms. The van der Waals surface area contributed by atoms with Crippen LogP contribution in [0.3, 0.4) is 0 Å². The molecule has 0 saturated carbocycles. The Bertz CT molecular complexity index is 976. The number of nitrogens with zero attached hydrogens (tertiary/aromatic N) is 2. The minimum Gasteiger partial charge on any atom is -0.464 e. The van der Waals surface area contributed by atoms with Crippen LogP contribution in [0, 0.1) is 19.8 Å². The smallest absolute Gasteiger partial charge is 0.354 e. The summed E-state index contributed by atoms with van der Waals surface area (Å²) in [5, 5.41) is 0.540. The van der Waals surface area contributed by atoms with Crippen LogP contribution in [0.1, 0.15) is 70.2 Å². The van der Waals surface area contributed by atoms with Gasteiger partial charge in [0.25, 0.3) is 5.91 Å². The van der Waals surface area contributed by atoms with Crippen LogP contribution in [0.15, 0.2) is 24.3 Å². The van der Waals surface area contributed by atoms with Crippen molar-refractivity contribution in [1.29, 1.82) is 0 Å². The molecule has 0 saturated heterocycles. The average Bonchev–Trinajstić information content (AvgIpc) is 2.99. The maximum absolute atomic E-state index is 13.6. The molecule has 31 heavy (non-hydrogen) atoms. The lowest BCUT2D eigenvalue weighted by atomic mass is 9.98. The number of Topliss-reactive ketones (excluding diaryl/α,β-unsaturated/α-hetero) is 1. The van der Waals surface area contributed by atoms with E-state index in [1.165, 1.54) is 7.11 Å². The number of ether oxygens (including phenoxy) is 1. The number of rotatable bonds is 8. The highest BCUT2D eigenvalue weighted by atomic mass is 35.5. The van der Waals surface area contributed by atoms with Crippen LogP contribution in [0.4, 0.5) is 0 Å². The molecule has 0 aliphatic heterocycles. The highest BCUT2D eigenvalue weighted by molar-refractivity contribution is 6.30. The number of methoxy groups -OCH3 is 1. The summed E-state index contributed by atoms with van der Waals surface area (Å²) >= 11 is 5.96. The first-order valence-corrected chi connectivity index (χ1v) is 10.8. The number of carbonyl (C=O) groups excluding carboxylic acids is 3. The van der Waals surface area contributed by atoms with Crippen LogP contribution in [0.5, 0.6) is 0 Å². The van der Waals surface area contributed by atoms with Gasteiger partial charge in [-0.1, -0.05) is 25.4 Å². The van der Waals surface area contributed by atoms with Crippen LogP contribution < -0.4 is 0 Å². The van der Waals surface area contributed by atoms with Crippen molar-refractivity contribution in [2.45, 2.75) is 54.1 Å². The van der Waals surface area contributed by atoms with E-state index in [-0.39, 0.29) is 17.6 Å². The zero-order valence-electron chi connectivity index (χ0n) is 19.3. The quantitative estimate of drug-likeness (QED) is 0.425. The minimum absolute atomic E-state index is 0.166. The van der Waals surface area contributed by atoms with Crippen molar-refractivity contribution >= 4 is 29.3 Å². The summed E-state index contributed by atoms with van der Waals surface area (Å²) in [5.74, 6) is -0.745. The van der Waals surface area contributed by atoms with Gasteiger partial charge in [0.1, 0.15) is 5.69 Å². The molecule has 0 fully saturated rings. The molecular formula is C24H31ClN2O4. The number of benzene rings is 1. The Morgan fingerprint density at radius 2 is 1.68 bits per heavy atom. The summed E-state index contributed by atoms with van der Waals surface area (Å²) in [5.41, 5.74) is 2.58. The van der Waals surface area contributed by atoms with Crippen LogP contribution >= 0.6 is 11.6 Å². The Morgan fingerprint density at radius 1 is 1.10 bits per heavy atom. The maximum Gasteiger partial charge on any atom is 0.354 e. The Kier molecular flexibility index (Phi) is 8.07. The van der Waals surface area contributed by atoms with E-state index >= 15 is 0 Å². The summed E-state index contributed by atoms with van der Waals surface area (Å²) in [6.45, 7) is 12.2. The minimum atomic E-state index is -0.707. The van der Waals surface area contributed by atoms with Crippen LogP contribution in [-0.2, 0) is 11.3 Å². The van der Waals surface area contributed by atoms with Crippen LogP contribution in [0.25, 0.3) is 0 Å². The van der Waals surface area contributed by atoms with Gasteiger partial charge in [-0.25, -0.2) is 4.79 Å². The Labute approximate surface area is 189 Å². The lowest BCUT2D eigenvalue weighted by molar-refractivity contribution is 0.0586. The SMILES string of the molecule is CCn1c(C)c(C(=O)C(C)N(CC(C)C)C(=O)c2ccc(Cl)cc2)c(C)c1C(=O)OC. The molecule has 0 N–H and O–H groups in total. The molecule has 1 amide bonds. The molecule has 6 nitrogen and oxygen atoms in total. The summed E-state index contributed by atoms with van der Waals surface area (Å²) < 4.78 is 6.71. The first-order valence-electron chi connectivity index (χ1n) is 10.4. The first-order chi connectivity index (χ1) is 14.5. The van der Waals surface area contributed by atoms with Gasteiger partial charge in [0.05, 0.1) is 13.2 Å². The molecule has 1 atom stereocenters. The van der Waals surface area contributed by atoms with Crippen molar-refractivity contribution in [3.63, 3.8) is 0 Å². The van der Waals surface area contributed by atoms with Gasteiger partial charge in [-0.15, -0.1) is 0 Å². The normalized spacial score (nSPS) is 12.0. The van der Waals surface area contributed by atoms with Gasteiger partial charge in [-0.05, 0) is 63.4 Å². The van der Waals surface area contributed by atoms with Crippen LogP contribution in [0.2, 0.25) is 5.02 Å². The van der Waals surface area contributed by atoms with Crippen molar-refractivity contribution < 1.29 is 19.1 Å². The first kappa shape index (κ1) is 24.7. The standard InChI is InChI=1S/C24H31ClN2O4/c1-8-26-16(5)20(15(4)21(26)24(30)31-7)22(28)17(6)27(13-14(2)3)23(29)18-9-11-19(25)12-10-18/h9-12,14,17H,8,13H2,1-7H3. The maximum atomic E-state index is 13.6. The van der Waals surface area contributed by atoms with Gasteiger partial charge in [0.15, 0.2) is 5.78 Å². The molecule has 168 valence electrons. The summed E-state index contributed by atoms with van der Waals surface area (Å²) in [6, 6.07) is 5.94. The van der Waals surface area contributed by atoms with Crippen molar-refractivity contribution in [1.82, 2.24) is 9.47 Å². The second-order valence-corrected chi connectivity index (χ2v) is 8.50. The van der Waals surface area contributed by atoms with Gasteiger partial charge in [0, 0.05) is 34.9 Å². The number of ketones is 1. The van der Waals surface area contributed by atoms with Gasteiger partial charge in [-0.2, -0.15) is 0 Å². The van der Waals surface area contributed by atoms with E-state index in [9.17, 15) is 14.4 Å². The number of esters is 1. The topological polar surface area (TPSA) is 68.6 Å². The number of halogens is 1. The average molecular weight is 447 g/mol. The fraction of sp³-hybridized carbons (Fsp3) is 0.458. The van der Waals surface area contributed by atoms with Crippen molar-refractivity contribution in [3.8, 4) is 0 Å². The number of amides is 1. The second kappa shape index (κ2) is 10.1. The van der Waals surface area contributed by atoms with E-state index in [1.807, 2.05) is 27.7 Å². The van der Waals surface area contributed by atoms with E-state index in [0.717, 1.165) is 0 Å². The molecule has 1 aromatic carbocycles. The number of carbonyl (C=O) groups is 3. The summed E-state index contributed by atoms with van der Waals surface area (Å²) in [4.78, 5) is 40.8. The molecule has 1 unspecified atom stereocenters. The lowest BCUT2D eigenvalue weighted by Gasteiger charge is -2.30. The molecule has 2 rings (SSSR count). The number of aromatic nitrogens is 1. The van der Waals surface area contributed by atoms with Gasteiger partial charge in [-0.3, -0.25) is 9.59 Å². The van der Waals surface area contributed by atoms with E-state index in [2.05, 4.69) is 0 Å². The molecular weight excluding hydrogens is 416 g/mol. The predicted molar refractivity (Wildman–Crippen MR) is 122 cm³/mol. The number of hydrogen-bond acceptors (Lipinski definition) is 4. The molecule has 1 heterocycles. The third-order valence-corrected chi connectivity index (χ3v) is 5.72. The Morgan fingerprint density at radius 3 is 2.16 bits per heavy atom. The van der Waals surface area contributed by atoms with Gasteiger partial charge < -0.3 is 14.2 Å². The Balaban J connectivity index is 2.50. The number of hydrogen-bond donors (Lipinski definition) is 0. The summed E-state index contributed by atoms with van der Waals surface area (Å²) in [6.07, 6.45) is 0. The zero-order valence-corrected chi connectivity index (χ0v) is 20.0. The third kappa shape index (κ3) is 5.01. The van der Waals surface area contributed by atoms with Crippen molar-refractivity contribution in [2.75, 3.05) is 13.7 Å². The monoisotopic (exact) mass is 446 g/mol. The highest BCUT2D eigenvalue weighted by Crippen LogP contribution is 2.26. The summed E-state index contributed by atoms with van der Waals surface area (Å²) in [7, 11) is 1.32. The highest BCUT2D eigenvalue weighted by Gasteiger charge is 2.33. The lowest BCUT2D eigenvalue weighted by Crippen LogP contribution is -2.45. The van der Waals surface area contributed by atoms with Crippen molar-refractivity contribution in [3.05, 3.63) is 57.4 Å². The molecule has 0 spiro atoms. The largest absolute Gasteiger partial charge is 0.464 e. The fourth-order valence-electron chi connectivity index (χ4n) is 3.93. The molecule has 0 radical (unpaired) electrons. The van der Waals surface area contributed by atoms with Crippen molar-refractivity contribution in [2.24, 2.45) is 5.92 Å². The molecule has 2 aromatic rings. The third-order valence-electron chi connectivity index (χ3n) is 5.47. The second-order valence-electron chi connectivity index (χ2n) is 8.07. The fourth-order valence-corrected chi connectivity index (χ4v) is 4.06. The predicted octanol–water partition coefficient (Wildman–Crippen LogP) is 4.93.